The Labute approximate surface area is 124 Å². The summed E-state index contributed by atoms with van der Waals surface area (Å²) in [4.78, 5) is 0. The molecule has 0 radical (unpaired) electrons. The highest BCUT2D eigenvalue weighted by atomic mass is 16.5. The Morgan fingerprint density at radius 1 is 1.24 bits per heavy atom. The van der Waals surface area contributed by atoms with Crippen LogP contribution in [0.3, 0.4) is 0 Å². The topological polar surface area (TPSA) is 159 Å². The highest BCUT2D eigenvalue weighted by Crippen LogP contribution is 2.38. The third-order valence-corrected chi connectivity index (χ3v) is 4.13. The first-order valence-corrected chi connectivity index (χ1v) is 7.09. The van der Waals surface area contributed by atoms with Crippen molar-refractivity contribution in [1.29, 1.82) is 0 Å². The molecule has 7 nitrogen and oxygen atoms in total. The summed E-state index contributed by atoms with van der Waals surface area (Å²) in [6, 6.07) is 0. The van der Waals surface area contributed by atoms with E-state index in [0.717, 1.165) is 0 Å². The molecule has 0 spiro atoms. The number of rotatable bonds is 8. The fourth-order valence-corrected chi connectivity index (χ4v) is 2.93. The van der Waals surface area contributed by atoms with Gasteiger partial charge in [0.05, 0.1) is 0 Å². The second kappa shape index (κ2) is 7.35. The van der Waals surface area contributed by atoms with Gasteiger partial charge in [0.2, 0.25) is 0 Å². The number of hydrogen-bond donors (Lipinski definition) is 7. The van der Waals surface area contributed by atoms with Gasteiger partial charge in [-0.3, -0.25) is 0 Å². The van der Waals surface area contributed by atoms with Crippen molar-refractivity contribution in [2.45, 2.75) is 43.1 Å². The predicted molar refractivity (Wildman–Crippen MR) is 79.6 cm³/mol. The van der Waals surface area contributed by atoms with Crippen molar-refractivity contribution in [1.82, 2.24) is 0 Å². The highest BCUT2D eigenvalue weighted by molar-refractivity contribution is 5.32. The molecule has 1 rings (SSSR count). The van der Waals surface area contributed by atoms with E-state index in [0.29, 0.717) is 12.1 Å². The van der Waals surface area contributed by atoms with E-state index >= 15 is 0 Å². The molecule has 10 N–H and O–H groups in total. The van der Waals surface area contributed by atoms with Crippen molar-refractivity contribution >= 4 is 0 Å². The summed E-state index contributed by atoms with van der Waals surface area (Å²) in [6.07, 6.45) is 4.57. The van der Waals surface area contributed by atoms with Crippen molar-refractivity contribution in [2.24, 2.45) is 23.1 Å². The van der Waals surface area contributed by atoms with E-state index in [1.54, 1.807) is 18.2 Å². The third kappa shape index (κ3) is 4.50. The molecule has 0 fully saturated rings. The molecule has 1 aliphatic carbocycles. The van der Waals surface area contributed by atoms with Crippen molar-refractivity contribution < 1.29 is 20.4 Å². The van der Waals surface area contributed by atoms with Gasteiger partial charge in [0.15, 0.2) is 6.29 Å². The number of allylic oxidation sites excluding steroid dienone is 1. The summed E-state index contributed by atoms with van der Waals surface area (Å²) in [5.41, 5.74) is 17.3. The van der Waals surface area contributed by atoms with Crippen LogP contribution in [0.15, 0.2) is 23.9 Å². The third-order valence-electron chi connectivity index (χ3n) is 4.13. The Kier molecular flexibility index (Phi) is 6.33. The van der Waals surface area contributed by atoms with E-state index in [9.17, 15) is 10.2 Å². The number of hydrogen-bond acceptors (Lipinski definition) is 7. The van der Waals surface area contributed by atoms with Crippen LogP contribution in [-0.2, 0) is 0 Å². The molecular formula is C14H27N3O4. The van der Waals surface area contributed by atoms with Gasteiger partial charge in [-0.25, -0.2) is 0 Å². The largest absolute Gasteiger partial charge is 0.399 e. The fraction of sp³-hybridized carbons (Fsp3) is 0.714. The van der Waals surface area contributed by atoms with Gasteiger partial charge in [0, 0.05) is 35.9 Å². The standard InChI is InChI=1S/C14H27N3O4/c15-10-1-3-13(16,4-2-12(20)21)11(9-10)14(17,5-7-18)6-8-19/h1,3,9,11-12,18-21H,2,4-8,15-17H2. The number of aliphatic hydroxyl groups is 4. The Bertz CT molecular complexity index is 392. The van der Waals surface area contributed by atoms with Crippen molar-refractivity contribution in [2.75, 3.05) is 13.2 Å². The Morgan fingerprint density at radius 2 is 1.81 bits per heavy atom. The minimum atomic E-state index is -1.45. The molecule has 2 unspecified atom stereocenters. The predicted octanol–water partition coefficient (Wildman–Crippen LogP) is -1.73. The monoisotopic (exact) mass is 301 g/mol. The lowest BCUT2D eigenvalue weighted by molar-refractivity contribution is -0.0508. The van der Waals surface area contributed by atoms with Gasteiger partial charge in [0.25, 0.3) is 0 Å². The average Bonchev–Trinajstić information content (AvgIpc) is 2.40. The summed E-state index contributed by atoms with van der Waals surface area (Å²) >= 11 is 0. The van der Waals surface area contributed by atoms with Crippen LogP contribution in [-0.4, -0.2) is 51.0 Å². The molecule has 0 saturated heterocycles. The molecule has 0 saturated carbocycles. The quantitative estimate of drug-likeness (QED) is 0.262. The maximum absolute atomic E-state index is 9.26. The van der Waals surface area contributed by atoms with Crippen molar-refractivity contribution in [3.05, 3.63) is 23.9 Å². The summed E-state index contributed by atoms with van der Waals surface area (Å²) < 4.78 is 0. The summed E-state index contributed by atoms with van der Waals surface area (Å²) in [7, 11) is 0. The van der Waals surface area contributed by atoms with Gasteiger partial charge in [-0.1, -0.05) is 12.2 Å². The molecule has 0 aliphatic heterocycles. The molecule has 0 heterocycles. The van der Waals surface area contributed by atoms with Gasteiger partial charge in [-0.2, -0.15) is 0 Å². The second-order valence-corrected chi connectivity index (χ2v) is 5.79. The molecule has 0 aromatic heterocycles. The number of aliphatic hydroxyl groups excluding tert-OH is 3. The molecular weight excluding hydrogens is 274 g/mol. The van der Waals surface area contributed by atoms with E-state index in [4.69, 9.17) is 27.4 Å². The van der Waals surface area contributed by atoms with Crippen LogP contribution in [0.4, 0.5) is 0 Å². The fourth-order valence-electron chi connectivity index (χ4n) is 2.93. The molecule has 0 amide bonds. The molecule has 0 aromatic rings. The average molecular weight is 301 g/mol. The zero-order chi connectivity index (χ0) is 16.1. The zero-order valence-corrected chi connectivity index (χ0v) is 12.2. The maximum atomic E-state index is 9.26. The first-order chi connectivity index (χ1) is 9.77. The van der Waals surface area contributed by atoms with Crippen LogP contribution >= 0.6 is 0 Å². The summed E-state index contributed by atoms with van der Waals surface area (Å²) in [6.45, 7) is -0.271. The van der Waals surface area contributed by atoms with Gasteiger partial charge < -0.3 is 37.6 Å². The van der Waals surface area contributed by atoms with E-state index in [-0.39, 0.29) is 32.5 Å². The Morgan fingerprint density at radius 3 is 2.29 bits per heavy atom. The molecule has 0 aromatic carbocycles. The Balaban J connectivity index is 3.08. The minimum Gasteiger partial charge on any atom is -0.399 e. The van der Waals surface area contributed by atoms with Crippen molar-refractivity contribution in [3.8, 4) is 0 Å². The van der Waals surface area contributed by atoms with E-state index in [2.05, 4.69) is 0 Å². The van der Waals surface area contributed by atoms with Gasteiger partial charge in [-0.05, 0) is 31.8 Å². The normalized spacial score (nSPS) is 26.2. The molecule has 122 valence electrons. The second-order valence-electron chi connectivity index (χ2n) is 5.79. The van der Waals surface area contributed by atoms with Crippen LogP contribution in [0.2, 0.25) is 0 Å². The smallest absolute Gasteiger partial charge is 0.151 e. The lowest BCUT2D eigenvalue weighted by Gasteiger charge is -2.46. The van der Waals surface area contributed by atoms with Crippen LogP contribution in [0.1, 0.15) is 25.7 Å². The lowest BCUT2D eigenvalue weighted by atomic mass is 9.65. The molecule has 0 bridgehead atoms. The summed E-state index contributed by atoms with van der Waals surface area (Å²) in [5.74, 6) is -0.423. The van der Waals surface area contributed by atoms with Crippen LogP contribution in [0.5, 0.6) is 0 Å². The summed E-state index contributed by atoms with van der Waals surface area (Å²) in [5, 5.41) is 36.7. The molecule has 1 aliphatic rings. The van der Waals surface area contributed by atoms with E-state index in [1.165, 1.54) is 0 Å². The van der Waals surface area contributed by atoms with Gasteiger partial charge in [0.1, 0.15) is 0 Å². The van der Waals surface area contributed by atoms with Gasteiger partial charge in [-0.15, -0.1) is 0 Å². The molecule has 2 atom stereocenters. The van der Waals surface area contributed by atoms with Crippen LogP contribution < -0.4 is 17.2 Å². The molecule has 7 heteroatoms. The van der Waals surface area contributed by atoms with Gasteiger partial charge >= 0.3 is 0 Å². The first-order valence-electron chi connectivity index (χ1n) is 7.09. The van der Waals surface area contributed by atoms with E-state index < -0.39 is 23.3 Å². The van der Waals surface area contributed by atoms with E-state index in [1.807, 2.05) is 0 Å². The van der Waals surface area contributed by atoms with Crippen LogP contribution in [0, 0.1) is 5.92 Å². The van der Waals surface area contributed by atoms with Crippen LogP contribution in [0.25, 0.3) is 0 Å². The minimum absolute atomic E-state index is 0.0966. The lowest BCUT2D eigenvalue weighted by Crippen LogP contribution is -2.61. The first kappa shape index (κ1) is 18.1. The maximum Gasteiger partial charge on any atom is 0.151 e. The molecule has 21 heavy (non-hydrogen) atoms. The highest BCUT2D eigenvalue weighted by Gasteiger charge is 2.45. The Hall–Kier alpha value is -0.960. The van der Waals surface area contributed by atoms with Crippen molar-refractivity contribution in [3.63, 3.8) is 0 Å². The number of nitrogens with two attached hydrogens (primary N) is 3. The SMILES string of the molecule is NC1=CC(C(N)(CCO)CCO)C(N)(CCC(O)O)C=C1. The zero-order valence-electron chi connectivity index (χ0n) is 12.2.